The molecule has 2 aromatic heterocycles. The van der Waals surface area contributed by atoms with Gasteiger partial charge in [0.15, 0.2) is 5.82 Å². The molecule has 0 radical (unpaired) electrons. The van der Waals surface area contributed by atoms with E-state index in [9.17, 15) is 4.79 Å². The molecule has 7 nitrogen and oxygen atoms in total. The van der Waals surface area contributed by atoms with Crippen molar-refractivity contribution in [1.82, 2.24) is 14.8 Å². The molecule has 0 spiro atoms. The molecule has 7 heteroatoms. The molecule has 0 aliphatic heterocycles. The number of amides is 2. The number of carbonyl (C=O) groups is 1. The van der Waals surface area contributed by atoms with Crippen LogP contribution in [0.3, 0.4) is 0 Å². The van der Waals surface area contributed by atoms with Crippen molar-refractivity contribution in [2.45, 2.75) is 6.61 Å². The second-order valence-electron chi connectivity index (χ2n) is 5.13. The Kier molecular flexibility index (Phi) is 4.71. The van der Waals surface area contributed by atoms with Gasteiger partial charge in [-0.1, -0.05) is 12.1 Å². The Morgan fingerprint density at radius 1 is 1.21 bits per heavy atom. The molecule has 1 aromatic carbocycles. The lowest BCUT2D eigenvalue weighted by Gasteiger charge is -2.09. The van der Waals surface area contributed by atoms with E-state index in [0.717, 1.165) is 5.56 Å². The lowest BCUT2D eigenvalue weighted by atomic mass is 10.3. The van der Waals surface area contributed by atoms with Crippen LogP contribution in [0, 0.1) is 0 Å². The number of nitrogens with zero attached hydrogens (tertiary/aromatic N) is 3. The normalized spacial score (nSPS) is 10.2. The first kappa shape index (κ1) is 15.5. The monoisotopic (exact) mass is 323 g/mol. The van der Waals surface area contributed by atoms with Crippen LogP contribution >= 0.6 is 0 Å². The van der Waals surface area contributed by atoms with Crippen molar-refractivity contribution < 1.29 is 9.53 Å². The number of carbonyl (C=O) groups excluding carboxylic acids is 1. The maximum absolute atomic E-state index is 12.0. The molecule has 0 atom stereocenters. The molecule has 2 N–H and O–H groups in total. The van der Waals surface area contributed by atoms with Crippen molar-refractivity contribution in [1.29, 1.82) is 0 Å². The number of hydrogen-bond donors (Lipinski definition) is 2. The molecule has 2 heterocycles. The van der Waals surface area contributed by atoms with E-state index >= 15 is 0 Å². The Labute approximate surface area is 139 Å². The lowest BCUT2D eigenvalue weighted by molar-refractivity contribution is 0.262. The summed E-state index contributed by atoms with van der Waals surface area (Å²) in [5.74, 6) is 1.15. The van der Waals surface area contributed by atoms with E-state index in [4.69, 9.17) is 4.74 Å². The number of aromatic nitrogens is 3. The van der Waals surface area contributed by atoms with Crippen LogP contribution in [0.1, 0.15) is 5.56 Å². The van der Waals surface area contributed by atoms with Gasteiger partial charge in [0.05, 0.1) is 0 Å². The minimum absolute atomic E-state index is 0.363. The van der Waals surface area contributed by atoms with Crippen LogP contribution in [-0.2, 0) is 13.7 Å². The van der Waals surface area contributed by atoms with E-state index in [1.54, 1.807) is 48.5 Å². The van der Waals surface area contributed by atoms with Crippen molar-refractivity contribution >= 4 is 17.5 Å². The predicted octanol–water partition coefficient (Wildman–Crippen LogP) is 3.04. The van der Waals surface area contributed by atoms with Crippen LogP contribution in [0.5, 0.6) is 5.75 Å². The van der Waals surface area contributed by atoms with Gasteiger partial charge in [0.2, 0.25) is 0 Å². The van der Waals surface area contributed by atoms with E-state index < -0.39 is 0 Å². The van der Waals surface area contributed by atoms with Crippen molar-refractivity contribution in [3.8, 4) is 5.75 Å². The first-order chi connectivity index (χ1) is 11.7. The second kappa shape index (κ2) is 7.28. The third-order valence-corrected chi connectivity index (χ3v) is 3.18. The van der Waals surface area contributed by atoms with Gasteiger partial charge in [-0.2, -0.15) is 5.10 Å². The highest BCUT2D eigenvalue weighted by Crippen LogP contribution is 2.18. The quantitative estimate of drug-likeness (QED) is 0.756. The van der Waals surface area contributed by atoms with Crippen molar-refractivity contribution in [2.75, 3.05) is 10.6 Å². The van der Waals surface area contributed by atoms with Crippen molar-refractivity contribution in [2.24, 2.45) is 7.05 Å². The third-order valence-electron chi connectivity index (χ3n) is 3.18. The molecule has 3 rings (SSSR count). The molecule has 2 amide bonds. The zero-order chi connectivity index (χ0) is 16.8. The summed E-state index contributed by atoms with van der Waals surface area (Å²) in [5.41, 5.74) is 1.61. The Bertz CT molecular complexity index is 817. The molecule has 0 bridgehead atoms. The number of pyridine rings is 1. The largest absolute Gasteiger partial charge is 0.489 e. The summed E-state index contributed by atoms with van der Waals surface area (Å²) in [6.07, 6.45) is 5.22. The number of hydrogen-bond acceptors (Lipinski definition) is 4. The zero-order valence-corrected chi connectivity index (χ0v) is 13.1. The van der Waals surface area contributed by atoms with Crippen LogP contribution in [0.2, 0.25) is 0 Å². The van der Waals surface area contributed by atoms with Gasteiger partial charge in [0, 0.05) is 49.0 Å². The number of rotatable bonds is 5. The third kappa shape index (κ3) is 4.33. The van der Waals surface area contributed by atoms with Gasteiger partial charge in [-0.15, -0.1) is 0 Å². The Morgan fingerprint density at radius 3 is 2.88 bits per heavy atom. The number of urea groups is 1. The van der Waals surface area contributed by atoms with Gasteiger partial charge in [0.25, 0.3) is 0 Å². The molecule has 122 valence electrons. The molecule has 0 aliphatic rings. The molecule has 0 saturated heterocycles. The molecule has 0 fully saturated rings. The van der Waals surface area contributed by atoms with Crippen LogP contribution in [0.25, 0.3) is 0 Å². The SMILES string of the molecule is Cn1ccc(NC(=O)Nc2cccc(OCc3cccnc3)c2)n1. The number of anilines is 2. The standard InChI is InChI=1S/C17H17N5O2/c1-22-9-7-16(21-22)20-17(23)19-14-5-2-6-15(10-14)24-12-13-4-3-8-18-11-13/h2-11H,12H2,1H3,(H2,19,20,21,23). The first-order valence-electron chi connectivity index (χ1n) is 7.38. The topological polar surface area (TPSA) is 81.1 Å². The van der Waals surface area contributed by atoms with Gasteiger partial charge < -0.3 is 10.1 Å². The van der Waals surface area contributed by atoms with Crippen LogP contribution < -0.4 is 15.4 Å². The summed E-state index contributed by atoms with van der Waals surface area (Å²) >= 11 is 0. The van der Waals surface area contributed by atoms with Gasteiger partial charge in [-0.3, -0.25) is 15.0 Å². The average molecular weight is 323 g/mol. The molecular formula is C17H17N5O2. The first-order valence-corrected chi connectivity index (χ1v) is 7.38. The smallest absolute Gasteiger partial charge is 0.324 e. The van der Waals surface area contributed by atoms with E-state index in [0.29, 0.717) is 23.9 Å². The summed E-state index contributed by atoms with van der Waals surface area (Å²) in [4.78, 5) is 16.0. The van der Waals surface area contributed by atoms with Gasteiger partial charge >= 0.3 is 6.03 Å². The number of benzene rings is 1. The molecule has 0 saturated carbocycles. The minimum atomic E-state index is -0.363. The summed E-state index contributed by atoms with van der Waals surface area (Å²) < 4.78 is 7.32. The summed E-state index contributed by atoms with van der Waals surface area (Å²) in [6.45, 7) is 0.414. The Morgan fingerprint density at radius 2 is 2.12 bits per heavy atom. The van der Waals surface area contributed by atoms with Crippen molar-refractivity contribution in [3.05, 3.63) is 66.6 Å². The number of nitrogens with one attached hydrogen (secondary N) is 2. The lowest BCUT2D eigenvalue weighted by Crippen LogP contribution is -2.19. The van der Waals surface area contributed by atoms with E-state index in [2.05, 4.69) is 20.7 Å². The highest BCUT2D eigenvalue weighted by atomic mass is 16.5. The summed E-state index contributed by atoms with van der Waals surface area (Å²) in [7, 11) is 1.78. The van der Waals surface area contributed by atoms with Crippen LogP contribution in [0.15, 0.2) is 61.1 Å². The molecular weight excluding hydrogens is 306 g/mol. The predicted molar refractivity (Wildman–Crippen MR) is 90.9 cm³/mol. The fourth-order valence-electron chi connectivity index (χ4n) is 2.07. The zero-order valence-electron chi connectivity index (χ0n) is 13.1. The van der Waals surface area contributed by atoms with E-state index in [-0.39, 0.29) is 6.03 Å². The van der Waals surface area contributed by atoms with Gasteiger partial charge in [0.1, 0.15) is 12.4 Å². The molecule has 24 heavy (non-hydrogen) atoms. The number of ether oxygens (including phenoxy) is 1. The highest BCUT2D eigenvalue weighted by molar-refractivity contribution is 5.99. The highest BCUT2D eigenvalue weighted by Gasteiger charge is 2.05. The molecule has 0 unspecified atom stereocenters. The molecule has 3 aromatic rings. The average Bonchev–Trinajstić information content (AvgIpc) is 2.99. The fourth-order valence-corrected chi connectivity index (χ4v) is 2.07. The maximum atomic E-state index is 12.0. The van der Waals surface area contributed by atoms with Crippen molar-refractivity contribution in [3.63, 3.8) is 0 Å². The molecule has 0 aliphatic carbocycles. The van der Waals surface area contributed by atoms with Crippen LogP contribution in [-0.4, -0.2) is 20.8 Å². The summed E-state index contributed by atoms with van der Waals surface area (Å²) in [6, 6.07) is 12.3. The van der Waals surface area contributed by atoms with E-state index in [1.807, 2.05) is 24.3 Å². The van der Waals surface area contributed by atoms with Gasteiger partial charge in [-0.05, 0) is 18.2 Å². The van der Waals surface area contributed by atoms with Gasteiger partial charge in [-0.25, -0.2) is 4.79 Å². The Hall–Kier alpha value is -3.35. The Balaban J connectivity index is 1.57. The number of aryl methyl sites for hydroxylation is 1. The summed E-state index contributed by atoms with van der Waals surface area (Å²) in [5, 5.41) is 9.49. The maximum Gasteiger partial charge on any atom is 0.324 e. The van der Waals surface area contributed by atoms with Crippen LogP contribution in [0.4, 0.5) is 16.3 Å². The minimum Gasteiger partial charge on any atom is -0.489 e. The van der Waals surface area contributed by atoms with E-state index in [1.165, 1.54) is 0 Å². The second-order valence-corrected chi connectivity index (χ2v) is 5.13. The fraction of sp³-hybridized carbons (Fsp3) is 0.118.